The largest absolute Gasteiger partial charge is 0.423 e. The average molecular weight is 263 g/mol. The van der Waals surface area contributed by atoms with Crippen molar-refractivity contribution in [3.63, 3.8) is 0 Å². The summed E-state index contributed by atoms with van der Waals surface area (Å²) in [5.41, 5.74) is 8.01. The Balaban J connectivity index is 1.67. The van der Waals surface area contributed by atoms with E-state index in [2.05, 4.69) is 10.3 Å². The fourth-order valence-electron chi connectivity index (χ4n) is 2.19. The maximum absolute atomic E-state index is 5.71. The third-order valence-electron chi connectivity index (χ3n) is 3.17. The molecule has 2 aromatic rings. The van der Waals surface area contributed by atoms with Crippen molar-refractivity contribution < 1.29 is 4.42 Å². The second kappa shape index (κ2) is 5.10. The summed E-state index contributed by atoms with van der Waals surface area (Å²) >= 11 is 2.04. The Kier molecular flexibility index (Phi) is 3.32. The van der Waals surface area contributed by atoms with E-state index in [9.17, 15) is 0 Å². The van der Waals surface area contributed by atoms with Crippen LogP contribution in [0.15, 0.2) is 22.6 Å². The van der Waals surface area contributed by atoms with Crippen molar-refractivity contribution in [2.75, 3.05) is 23.3 Å². The molecular weight excluding hydrogens is 246 g/mol. The summed E-state index contributed by atoms with van der Waals surface area (Å²) in [4.78, 5) is 4.40. The maximum Gasteiger partial charge on any atom is 0.295 e. The number of thioether (sulfide) groups is 1. The molecule has 0 radical (unpaired) electrons. The predicted molar refractivity (Wildman–Crippen MR) is 77.0 cm³/mol. The molecule has 0 saturated carbocycles. The van der Waals surface area contributed by atoms with E-state index in [-0.39, 0.29) is 0 Å². The number of nitrogen functional groups attached to an aromatic ring is 1. The van der Waals surface area contributed by atoms with Gasteiger partial charge in [-0.25, -0.2) is 0 Å². The van der Waals surface area contributed by atoms with Crippen molar-refractivity contribution in [1.82, 2.24) is 4.98 Å². The normalized spacial score (nSPS) is 20.1. The Labute approximate surface area is 110 Å². The lowest BCUT2D eigenvalue weighted by molar-refractivity contribution is 0.606. The van der Waals surface area contributed by atoms with Crippen LogP contribution in [-0.2, 0) is 0 Å². The lowest BCUT2D eigenvalue weighted by Crippen LogP contribution is -2.20. The molecule has 0 bridgehead atoms. The molecule has 1 aliphatic heterocycles. The molecule has 1 atom stereocenters. The van der Waals surface area contributed by atoms with E-state index in [1.807, 2.05) is 30.0 Å². The Hall–Kier alpha value is -1.36. The highest BCUT2D eigenvalue weighted by molar-refractivity contribution is 7.99. The van der Waals surface area contributed by atoms with Gasteiger partial charge in [-0.1, -0.05) is 6.42 Å². The smallest absolute Gasteiger partial charge is 0.295 e. The van der Waals surface area contributed by atoms with Crippen LogP contribution in [-0.4, -0.2) is 22.5 Å². The SMILES string of the molecule is Nc1ccc2nc(NCC3CCCCS3)oc2c1. The molecule has 1 aliphatic rings. The van der Waals surface area contributed by atoms with Gasteiger partial charge in [-0.2, -0.15) is 16.7 Å². The number of oxazole rings is 1. The van der Waals surface area contributed by atoms with Gasteiger partial charge in [0.15, 0.2) is 5.58 Å². The highest BCUT2D eigenvalue weighted by Crippen LogP contribution is 2.26. The number of hydrogen-bond acceptors (Lipinski definition) is 5. The van der Waals surface area contributed by atoms with E-state index < -0.39 is 0 Å². The third-order valence-corrected chi connectivity index (χ3v) is 4.57. The number of anilines is 2. The van der Waals surface area contributed by atoms with Crippen LogP contribution in [0.5, 0.6) is 0 Å². The summed E-state index contributed by atoms with van der Waals surface area (Å²) < 4.78 is 5.63. The molecule has 0 amide bonds. The van der Waals surface area contributed by atoms with Crippen molar-refractivity contribution in [3.05, 3.63) is 18.2 Å². The van der Waals surface area contributed by atoms with Crippen molar-refractivity contribution in [2.24, 2.45) is 0 Å². The number of benzene rings is 1. The molecule has 1 aromatic heterocycles. The number of rotatable bonds is 3. The van der Waals surface area contributed by atoms with Gasteiger partial charge < -0.3 is 15.5 Å². The quantitative estimate of drug-likeness (QED) is 0.833. The van der Waals surface area contributed by atoms with Gasteiger partial charge >= 0.3 is 0 Å². The summed E-state index contributed by atoms with van der Waals surface area (Å²) in [5, 5.41) is 3.96. The Morgan fingerprint density at radius 2 is 2.39 bits per heavy atom. The number of fused-ring (bicyclic) bond motifs is 1. The first-order chi connectivity index (χ1) is 8.81. The summed E-state index contributed by atoms with van der Waals surface area (Å²) in [6, 6.07) is 6.13. The van der Waals surface area contributed by atoms with Gasteiger partial charge in [-0.3, -0.25) is 0 Å². The number of aromatic nitrogens is 1. The minimum absolute atomic E-state index is 0.599. The second-order valence-electron chi connectivity index (χ2n) is 4.62. The van der Waals surface area contributed by atoms with E-state index in [1.54, 1.807) is 0 Å². The van der Waals surface area contributed by atoms with Crippen LogP contribution in [0.1, 0.15) is 19.3 Å². The number of nitrogens with one attached hydrogen (secondary N) is 1. The zero-order chi connectivity index (χ0) is 12.4. The number of nitrogens with zero attached hydrogens (tertiary/aromatic N) is 1. The Bertz CT molecular complexity index is 534. The van der Waals surface area contributed by atoms with E-state index >= 15 is 0 Å². The van der Waals surface area contributed by atoms with E-state index in [4.69, 9.17) is 10.2 Å². The lowest BCUT2D eigenvalue weighted by atomic mass is 10.2. The molecule has 1 saturated heterocycles. The van der Waals surface area contributed by atoms with Gasteiger partial charge in [0, 0.05) is 23.5 Å². The van der Waals surface area contributed by atoms with Crippen LogP contribution in [0.3, 0.4) is 0 Å². The second-order valence-corrected chi connectivity index (χ2v) is 6.02. The molecule has 1 unspecified atom stereocenters. The zero-order valence-electron chi connectivity index (χ0n) is 10.2. The van der Waals surface area contributed by atoms with Crippen LogP contribution in [0, 0.1) is 0 Å². The van der Waals surface area contributed by atoms with Gasteiger partial charge in [-0.15, -0.1) is 0 Å². The van der Waals surface area contributed by atoms with Crippen LogP contribution in [0.4, 0.5) is 11.7 Å². The van der Waals surface area contributed by atoms with E-state index in [1.165, 1.54) is 25.0 Å². The van der Waals surface area contributed by atoms with E-state index in [0.29, 0.717) is 17.0 Å². The van der Waals surface area contributed by atoms with Crippen LogP contribution in [0.2, 0.25) is 0 Å². The summed E-state index contributed by atoms with van der Waals surface area (Å²) in [7, 11) is 0. The van der Waals surface area contributed by atoms with Crippen LogP contribution >= 0.6 is 11.8 Å². The third kappa shape index (κ3) is 2.56. The standard InChI is InChI=1S/C13H17N3OS/c14-9-4-5-11-12(7-9)17-13(16-11)15-8-10-3-1-2-6-18-10/h4-5,7,10H,1-3,6,8,14H2,(H,15,16). The summed E-state index contributed by atoms with van der Waals surface area (Å²) in [6.07, 6.45) is 3.97. The van der Waals surface area contributed by atoms with Crippen molar-refractivity contribution in [1.29, 1.82) is 0 Å². The highest BCUT2D eigenvalue weighted by atomic mass is 32.2. The minimum Gasteiger partial charge on any atom is -0.423 e. The van der Waals surface area contributed by atoms with Crippen LogP contribution < -0.4 is 11.1 Å². The molecule has 2 heterocycles. The molecule has 0 spiro atoms. The fraction of sp³-hybridized carbons (Fsp3) is 0.462. The molecule has 1 aromatic carbocycles. The number of nitrogens with two attached hydrogens (primary N) is 1. The van der Waals surface area contributed by atoms with Crippen molar-refractivity contribution in [2.45, 2.75) is 24.5 Å². The minimum atomic E-state index is 0.599. The molecular formula is C13H17N3OS. The fourth-order valence-corrected chi connectivity index (χ4v) is 3.42. The predicted octanol–water partition coefficient (Wildman–Crippen LogP) is 3.11. The molecule has 18 heavy (non-hydrogen) atoms. The molecule has 1 fully saturated rings. The molecule has 4 nitrogen and oxygen atoms in total. The lowest BCUT2D eigenvalue weighted by Gasteiger charge is -2.20. The number of hydrogen-bond donors (Lipinski definition) is 2. The first-order valence-electron chi connectivity index (χ1n) is 6.33. The molecule has 0 aliphatic carbocycles. The van der Waals surface area contributed by atoms with Gasteiger partial charge in [0.1, 0.15) is 5.52 Å². The molecule has 3 rings (SSSR count). The van der Waals surface area contributed by atoms with Crippen molar-refractivity contribution in [3.8, 4) is 0 Å². The maximum atomic E-state index is 5.71. The molecule has 5 heteroatoms. The first kappa shape index (κ1) is 11.7. The van der Waals surface area contributed by atoms with E-state index in [0.717, 1.165) is 17.6 Å². The topological polar surface area (TPSA) is 64.1 Å². The van der Waals surface area contributed by atoms with Crippen LogP contribution in [0.25, 0.3) is 11.1 Å². The van der Waals surface area contributed by atoms with Gasteiger partial charge in [0.05, 0.1) is 0 Å². The monoisotopic (exact) mass is 263 g/mol. The summed E-state index contributed by atoms with van der Waals surface area (Å²) in [5.74, 6) is 1.27. The zero-order valence-corrected chi connectivity index (χ0v) is 11.0. The molecule has 96 valence electrons. The Morgan fingerprint density at radius 3 is 3.22 bits per heavy atom. The summed E-state index contributed by atoms with van der Waals surface area (Å²) in [6.45, 7) is 0.924. The highest BCUT2D eigenvalue weighted by Gasteiger charge is 2.14. The average Bonchev–Trinajstić information content (AvgIpc) is 2.79. The van der Waals surface area contributed by atoms with Crippen molar-refractivity contribution >= 4 is 34.6 Å². The van der Waals surface area contributed by atoms with Gasteiger partial charge in [0.2, 0.25) is 0 Å². The van der Waals surface area contributed by atoms with Gasteiger partial charge in [-0.05, 0) is 30.7 Å². The first-order valence-corrected chi connectivity index (χ1v) is 7.38. The Morgan fingerprint density at radius 1 is 1.44 bits per heavy atom. The van der Waals surface area contributed by atoms with Gasteiger partial charge in [0.25, 0.3) is 6.01 Å². The molecule has 3 N–H and O–H groups in total.